The third-order valence-electron chi connectivity index (χ3n) is 3.62. The molecule has 2 heteroatoms. The molecule has 0 radical (unpaired) electrons. The predicted octanol–water partition coefficient (Wildman–Crippen LogP) is 3.58. The average Bonchev–Trinajstić information content (AvgIpc) is 3.19. The van der Waals surface area contributed by atoms with Gasteiger partial charge in [-0.3, -0.25) is 0 Å². The Morgan fingerprint density at radius 2 is 2.00 bits per heavy atom. The van der Waals surface area contributed by atoms with Crippen LogP contribution in [0.3, 0.4) is 0 Å². The van der Waals surface area contributed by atoms with Crippen molar-refractivity contribution in [3.63, 3.8) is 0 Å². The van der Waals surface area contributed by atoms with Crippen LogP contribution in [0.25, 0.3) is 0 Å². The molecule has 0 saturated heterocycles. The van der Waals surface area contributed by atoms with Gasteiger partial charge in [-0.1, -0.05) is 39.0 Å². The molecule has 1 fully saturated rings. The first kappa shape index (κ1) is 13.4. The molecule has 1 aromatic carbocycles. The van der Waals surface area contributed by atoms with Crippen LogP contribution >= 0.6 is 0 Å². The molecule has 2 nitrogen and oxygen atoms in total. The molecule has 1 atom stereocenters. The second kappa shape index (κ2) is 6.24. The third-order valence-corrected chi connectivity index (χ3v) is 3.62. The Labute approximate surface area is 111 Å². The van der Waals surface area contributed by atoms with Crippen LogP contribution in [0.5, 0.6) is 5.75 Å². The van der Waals surface area contributed by atoms with E-state index in [1.807, 2.05) is 0 Å². The monoisotopic (exact) mass is 247 g/mol. The number of hydrogen-bond donors (Lipinski definition) is 1. The Hall–Kier alpha value is -1.02. The van der Waals surface area contributed by atoms with Gasteiger partial charge in [-0.05, 0) is 42.9 Å². The zero-order chi connectivity index (χ0) is 13.0. The van der Waals surface area contributed by atoms with E-state index in [0.29, 0.717) is 12.0 Å². The zero-order valence-corrected chi connectivity index (χ0v) is 11.8. The topological polar surface area (TPSA) is 21.3 Å². The molecule has 18 heavy (non-hydrogen) atoms. The van der Waals surface area contributed by atoms with Gasteiger partial charge in [0.05, 0.1) is 0 Å². The van der Waals surface area contributed by atoms with Crippen molar-refractivity contribution in [1.82, 2.24) is 5.32 Å². The van der Waals surface area contributed by atoms with Crippen LogP contribution in [0.1, 0.15) is 45.1 Å². The molecule has 0 amide bonds. The molecule has 0 heterocycles. The van der Waals surface area contributed by atoms with Gasteiger partial charge in [0.2, 0.25) is 0 Å². The van der Waals surface area contributed by atoms with Crippen LogP contribution in [0.2, 0.25) is 0 Å². The molecule has 0 bridgehead atoms. The number of likely N-dealkylation sites (N-methyl/N-ethyl adjacent to an activating group) is 1. The minimum atomic E-state index is 0.514. The lowest BCUT2D eigenvalue weighted by Crippen LogP contribution is -2.36. The minimum Gasteiger partial charge on any atom is -0.492 e. The third kappa shape index (κ3) is 3.49. The van der Waals surface area contributed by atoms with Gasteiger partial charge in [0, 0.05) is 6.04 Å². The molecule has 0 spiro atoms. The number of rotatable bonds is 7. The van der Waals surface area contributed by atoms with Gasteiger partial charge in [0.25, 0.3) is 0 Å². The van der Waals surface area contributed by atoms with Crippen LogP contribution in [0.4, 0.5) is 0 Å². The number of para-hydroxylation sites is 1. The summed E-state index contributed by atoms with van der Waals surface area (Å²) in [6.45, 7) is 8.41. The van der Waals surface area contributed by atoms with Gasteiger partial charge in [-0.15, -0.1) is 0 Å². The molecule has 0 aliphatic heterocycles. The van der Waals surface area contributed by atoms with Crippen molar-refractivity contribution in [2.45, 2.75) is 45.6 Å². The second-order valence-electron chi connectivity index (χ2n) is 5.51. The standard InChI is InChI=1S/C16H25NO/c1-4-17-15(13-9-10-13)11-18-16-8-6-5-7-14(16)12(2)3/h5-8,12-13,15,17H,4,9-11H2,1-3H3. The maximum Gasteiger partial charge on any atom is 0.122 e. The van der Waals surface area contributed by atoms with E-state index in [1.165, 1.54) is 18.4 Å². The smallest absolute Gasteiger partial charge is 0.122 e. The normalized spacial score (nSPS) is 16.9. The van der Waals surface area contributed by atoms with Crippen molar-refractivity contribution in [2.24, 2.45) is 5.92 Å². The summed E-state index contributed by atoms with van der Waals surface area (Å²) in [5.41, 5.74) is 1.31. The summed E-state index contributed by atoms with van der Waals surface area (Å²) in [5.74, 6) is 2.40. The summed E-state index contributed by atoms with van der Waals surface area (Å²) in [4.78, 5) is 0. The summed E-state index contributed by atoms with van der Waals surface area (Å²) in [6, 6.07) is 8.92. The summed E-state index contributed by atoms with van der Waals surface area (Å²) in [5, 5.41) is 3.54. The number of nitrogens with one attached hydrogen (secondary N) is 1. The Bertz CT molecular complexity index is 371. The Balaban J connectivity index is 1.96. The lowest BCUT2D eigenvalue weighted by atomic mass is 10.0. The lowest BCUT2D eigenvalue weighted by Gasteiger charge is -2.20. The SMILES string of the molecule is CCNC(COc1ccccc1C(C)C)C1CC1. The van der Waals surface area contributed by atoms with Gasteiger partial charge >= 0.3 is 0 Å². The predicted molar refractivity (Wildman–Crippen MR) is 76.2 cm³/mol. The molecule has 1 saturated carbocycles. The van der Waals surface area contributed by atoms with Crippen LogP contribution in [-0.2, 0) is 0 Å². The molecule has 1 aromatic rings. The first-order valence-electron chi connectivity index (χ1n) is 7.17. The number of ether oxygens (including phenoxy) is 1. The Morgan fingerprint density at radius 1 is 1.28 bits per heavy atom. The van der Waals surface area contributed by atoms with E-state index in [2.05, 4.69) is 50.4 Å². The fraction of sp³-hybridized carbons (Fsp3) is 0.625. The molecule has 1 aliphatic carbocycles. The van der Waals surface area contributed by atoms with Crippen molar-refractivity contribution in [3.05, 3.63) is 29.8 Å². The van der Waals surface area contributed by atoms with E-state index in [9.17, 15) is 0 Å². The highest BCUT2D eigenvalue weighted by molar-refractivity contribution is 5.35. The first-order valence-corrected chi connectivity index (χ1v) is 7.17. The van der Waals surface area contributed by atoms with Crippen LogP contribution < -0.4 is 10.1 Å². The highest BCUT2D eigenvalue weighted by atomic mass is 16.5. The molecular formula is C16H25NO. The van der Waals surface area contributed by atoms with Gasteiger partial charge < -0.3 is 10.1 Å². The molecule has 2 rings (SSSR count). The van der Waals surface area contributed by atoms with Gasteiger partial charge in [-0.2, -0.15) is 0 Å². The van der Waals surface area contributed by atoms with Crippen LogP contribution in [0, 0.1) is 5.92 Å². The molecular weight excluding hydrogens is 222 g/mol. The fourth-order valence-electron chi connectivity index (χ4n) is 2.39. The second-order valence-corrected chi connectivity index (χ2v) is 5.51. The van der Waals surface area contributed by atoms with Crippen LogP contribution in [-0.4, -0.2) is 19.2 Å². The number of benzene rings is 1. The first-order chi connectivity index (χ1) is 8.72. The Morgan fingerprint density at radius 3 is 2.61 bits per heavy atom. The van der Waals surface area contributed by atoms with Gasteiger partial charge in [0.1, 0.15) is 12.4 Å². The highest BCUT2D eigenvalue weighted by Gasteiger charge is 2.31. The maximum atomic E-state index is 6.05. The van der Waals surface area contributed by atoms with E-state index < -0.39 is 0 Å². The summed E-state index contributed by atoms with van der Waals surface area (Å²) < 4.78 is 6.05. The Kier molecular flexibility index (Phi) is 4.65. The molecule has 1 unspecified atom stereocenters. The highest BCUT2D eigenvalue weighted by Crippen LogP contribution is 2.33. The van der Waals surface area contributed by atoms with Crippen molar-refractivity contribution in [1.29, 1.82) is 0 Å². The summed E-state index contributed by atoms with van der Waals surface area (Å²) in [6.07, 6.45) is 2.71. The number of hydrogen-bond acceptors (Lipinski definition) is 2. The molecule has 1 N–H and O–H groups in total. The van der Waals surface area contributed by atoms with E-state index in [1.54, 1.807) is 0 Å². The minimum absolute atomic E-state index is 0.514. The zero-order valence-electron chi connectivity index (χ0n) is 11.8. The quantitative estimate of drug-likeness (QED) is 0.795. The van der Waals surface area contributed by atoms with Gasteiger partial charge in [0.15, 0.2) is 0 Å². The largest absolute Gasteiger partial charge is 0.492 e. The van der Waals surface area contributed by atoms with E-state index in [4.69, 9.17) is 4.74 Å². The van der Waals surface area contributed by atoms with Crippen LogP contribution in [0.15, 0.2) is 24.3 Å². The maximum absolute atomic E-state index is 6.05. The lowest BCUT2D eigenvalue weighted by molar-refractivity contribution is 0.248. The average molecular weight is 247 g/mol. The molecule has 0 aromatic heterocycles. The van der Waals surface area contributed by atoms with Crippen molar-refractivity contribution >= 4 is 0 Å². The molecule has 1 aliphatic rings. The molecule has 100 valence electrons. The fourth-order valence-corrected chi connectivity index (χ4v) is 2.39. The van der Waals surface area contributed by atoms with Crippen molar-refractivity contribution in [2.75, 3.05) is 13.2 Å². The van der Waals surface area contributed by atoms with E-state index >= 15 is 0 Å². The van der Waals surface area contributed by atoms with E-state index in [-0.39, 0.29) is 0 Å². The summed E-state index contributed by atoms with van der Waals surface area (Å²) >= 11 is 0. The summed E-state index contributed by atoms with van der Waals surface area (Å²) in [7, 11) is 0. The van der Waals surface area contributed by atoms with Crippen molar-refractivity contribution < 1.29 is 4.74 Å². The van der Waals surface area contributed by atoms with E-state index in [0.717, 1.165) is 24.8 Å². The van der Waals surface area contributed by atoms with Gasteiger partial charge in [-0.25, -0.2) is 0 Å². The van der Waals surface area contributed by atoms with Crippen molar-refractivity contribution in [3.8, 4) is 5.75 Å².